The Balaban J connectivity index is 2.66. The lowest BCUT2D eigenvalue weighted by Crippen LogP contribution is -2.45. The number of carbonyl (C=O) groups is 2. The number of rotatable bonds is 5. The van der Waals surface area contributed by atoms with Gasteiger partial charge < -0.3 is 19.8 Å². The molecule has 0 saturated carbocycles. The normalized spacial score (nSPS) is 23.1. The smallest absolute Gasteiger partial charge is 0.0455 e. The fourth-order valence-corrected chi connectivity index (χ4v) is 2.22. The van der Waals surface area contributed by atoms with Gasteiger partial charge >= 0.3 is 0 Å². The number of carbonyl (C=O) groups excluding carboxylic acids is 2. The van der Waals surface area contributed by atoms with Gasteiger partial charge in [-0.15, -0.1) is 0 Å². The van der Waals surface area contributed by atoms with Crippen molar-refractivity contribution in [1.82, 2.24) is 0 Å². The molecule has 0 aliphatic heterocycles. The molecule has 0 aromatic rings. The van der Waals surface area contributed by atoms with E-state index in [9.17, 15) is 19.8 Å². The summed E-state index contributed by atoms with van der Waals surface area (Å²) in [6.07, 6.45) is 6.03. The Labute approximate surface area is 107 Å². The van der Waals surface area contributed by atoms with E-state index < -0.39 is 23.8 Å². The minimum atomic E-state index is -1.30. The third-order valence-corrected chi connectivity index (χ3v) is 3.25. The molecule has 0 aromatic carbocycles. The first kappa shape index (κ1) is 14.5. The number of allylic oxidation sites excluding steroid dienone is 4. The van der Waals surface area contributed by atoms with Gasteiger partial charge in [0.25, 0.3) is 0 Å². The van der Waals surface area contributed by atoms with Gasteiger partial charge in [0.1, 0.15) is 0 Å². The maximum absolute atomic E-state index is 11.0. The van der Waals surface area contributed by atoms with Crippen molar-refractivity contribution >= 4 is 11.9 Å². The van der Waals surface area contributed by atoms with Gasteiger partial charge in [0.15, 0.2) is 0 Å². The largest absolute Gasteiger partial charge is 0.550 e. The standard InChI is InChI=1S/C14H20O4/c1-9(2)4-3-5-10-6-7-11(13(15)16)12(8-10)14(17)18/h4,6,11-12H,3,5,7-8H2,1-2H3,(H,15,16)(H,17,18)/p-2/t11-,12-/m0/s1. The summed E-state index contributed by atoms with van der Waals surface area (Å²) in [7, 11) is 0. The molecule has 1 aliphatic rings. The Kier molecular flexibility index (Phi) is 5.13. The second-order valence-electron chi connectivity index (χ2n) is 4.97. The lowest BCUT2D eigenvalue weighted by molar-refractivity contribution is -0.327. The highest BCUT2D eigenvalue weighted by molar-refractivity contribution is 5.78. The maximum Gasteiger partial charge on any atom is 0.0455 e. The number of aliphatic carboxylic acids is 2. The second-order valence-corrected chi connectivity index (χ2v) is 4.97. The molecule has 2 atom stereocenters. The van der Waals surface area contributed by atoms with Crippen molar-refractivity contribution in [2.45, 2.75) is 39.5 Å². The molecule has 0 fully saturated rings. The molecule has 0 radical (unpaired) electrons. The van der Waals surface area contributed by atoms with Crippen molar-refractivity contribution in [3.63, 3.8) is 0 Å². The second kappa shape index (κ2) is 6.38. The Morgan fingerprint density at radius 2 is 1.89 bits per heavy atom. The third kappa shape index (κ3) is 4.02. The van der Waals surface area contributed by atoms with Crippen LogP contribution in [0.1, 0.15) is 39.5 Å². The van der Waals surface area contributed by atoms with Crippen molar-refractivity contribution in [3.05, 3.63) is 23.3 Å². The number of carboxylic acids is 2. The molecule has 0 unspecified atom stereocenters. The van der Waals surface area contributed by atoms with E-state index in [0.29, 0.717) is 0 Å². The SMILES string of the molecule is CC(C)=CCCC1=CC[C@H](C(=O)[O-])[C@@H](C(=O)[O-])C1. The van der Waals surface area contributed by atoms with E-state index in [-0.39, 0.29) is 12.8 Å². The van der Waals surface area contributed by atoms with Gasteiger partial charge in [-0.25, -0.2) is 0 Å². The van der Waals surface area contributed by atoms with Crippen molar-refractivity contribution in [3.8, 4) is 0 Å². The van der Waals surface area contributed by atoms with Crippen molar-refractivity contribution in [2.24, 2.45) is 11.8 Å². The predicted octanol–water partition coefficient (Wildman–Crippen LogP) is 0.185. The minimum absolute atomic E-state index is 0.227. The fourth-order valence-electron chi connectivity index (χ4n) is 2.22. The molecule has 0 aromatic heterocycles. The third-order valence-electron chi connectivity index (χ3n) is 3.25. The average molecular weight is 250 g/mol. The zero-order valence-electron chi connectivity index (χ0n) is 10.8. The Morgan fingerprint density at radius 1 is 1.28 bits per heavy atom. The Hall–Kier alpha value is -1.58. The summed E-state index contributed by atoms with van der Waals surface area (Å²) < 4.78 is 0. The molecule has 0 spiro atoms. The van der Waals surface area contributed by atoms with E-state index in [1.807, 2.05) is 19.9 Å². The highest BCUT2D eigenvalue weighted by atomic mass is 16.4. The van der Waals surface area contributed by atoms with E-state index in [1.54, 1.807) is 0 Å². The zero-order valence-corrected chi connectivity index (χ0v) is 10.8. The van der Waals surface area contributed by atoms with Gasteiger partial charge in [0.2, 0.25) is 0 Å². The van der Waals surface area contributed by atoms with E-state index >= 15 is 0 Å². The molecule has 18 heavy (non-hydrogen) atoms. The molecule has 0 N–H and O–H groups in total. The topological polar surface area (TPSA) is 80.3 Å². The lowest BCUT2D eigenvalue weighted by atomic mass is 9.78. The van der Waals surface area contributed by atoms with Crippen LogP contribution < -0.4 is 10.2 Å². The molecular weight excluding hydrogens is 232 g/mol. The van der Waals surface area contributed by atoms with E-state index in [0.717, 1.165) is 18.4 Å². The molecule has 4 nitrogen and oxygen atoms in total. The van der Waals surface area contributed by atoms with Gasteiger partial charge in [0.05, 0.1) is 0 Å². The van der Waals surface area contributed by atoms with Crippen molar-refractivity contribution in [2.75, 3.05) is 0 Å². The number of hydrogen-bond donors (Lipinski definition) is 0. The minimum Gasteiger partial charge on any atom is -0.550 e. The van der Waals surface area contributed by atoms with Gasteiger partial charge in [-0.3, -0.25) is 0 Å². The van der Waals surface area contributed by atoms with Crippen LogP contribution in [0.2, 0.25) is 0 Å². The van der Waals surface area contributed by atoms with Crippen molar-refractivity contribution in [1.29, 1.82) is 0 Å². The van der Waals surface area contributed by atoms with Crippen LogP contribution in [-0.2, 0) is 9.59 Å². The molecular formula is C14H18O4-2. The summed E-state index contributed by atoms with van der Waals surface area (Å²) in [6.45, 7) is 4.01. The Bertz CT molecular complexity index is 389. The summed E-state index contributed by atoms with van der Waals surface area (Å²) in [6, 6.07) is 0. The Morgan fingerprint density at radius 3 is 2.39 bits per heavy atom. The highest BCUT2D eigenvalue weighted by Crippen LogP contribution is 2.31. The number of hydrogen-bond acceptors (Lipinski definition) is 4. The molecule has 4 heteroatoms. The van der Waals surface area contributed by atoms with Crippen LogP contribution in [0, 0.1) is 11.8 Å². The highest BCUT2D eigenvalue weighted by Gasteiger charge is 2.27. The first-order chi connectivity index (χ1) is 8.41. The predicted molar refractivity (Wildman–Crippen MR) is 63.0 cm³/mol. The molecule has 1 rings (SSSR count). The van der Waals surface area contributed by atoms with Crippen molar-refractivity contribution < 1.29 is 19.8 Å². The molecule has 0 saturated heterocycles. The maximum atomic E-state index is 11.0. The van der Waals surface area contributed by atoms with Crippen LogP contribution >= 0.6 is 0 Å². The van der Waals surface area contributed by atoms with Crippen LogP contribution in [0.3, 0.4) is 0 Å². The average Bonchev–Trinajstić information content (AvgIpc) is 2.28. The summed E-state index contributed by atoms with van der Waals surface area (Å²) in [5, 5.41) is 21.8. The molecule has 0 heterocycles. The molecule has 1 aliphatic carbocycles. The zero-order chi connectivity index (χ0) is 13.7. The number of carboxylic acid groups (broad SMARTS) is 2. The van der Waals surface area contributed by atoms with Crippen LogP contribution in [0.15, 0.2) is 23.3 Å². The van der Waals surface area contributed by atoms with Crippen LogP contribution in [0.25, 0.3) is 0 Å². The van der Waals surface area contributed by atoms with Gasteiger partial charge in [0, 0.05) is 23.8 Å². The molecule has 0 amide bonds. The summed E-state index contributed by atoms with van der Waals surface area (Å²) >= 11 is 0. The van der Waals surface area contributed by atoms with Crippen LogP contribution in [0.5, 0.6) is 0 Å². The molecule has 100 valence electrons. The van der Waals surface area contributed by atoms with Crippen LogP contribution in [0.4, 0.5) is 0 Å². The summed E-state index contributed by atoms with van der Waals surface area (Å²) in [5.41, 5.74) is 2.22. The van der Waals surface area contributed by atoms with E-state index in [1.165, 1.54) is 5.57 Å². The van der Waals surface area contributed by atoms with Gasteiger partial charge in [-0.1, -0.05) is 23.3 Å². The van der Waals surface area contributed by atoms with Gasteiger partial charge in [-0.2, -0.15) is 0 Å². The monoisotopic (exact) mass is 250 g/mol. The first-order valence-corrected chi connectivity index (χ1v) is 6.14. The van der Waals surface area contributed by atoms with Gasteiger partial charge in [-0.05, 0) is 39.5 Å². The fraction of sp³-hybridized carbons (Fsp3) is 0.571. The lowest BCUT2D eigenvalue weighted by Gasteiger charge is -2.32. The summed E-state index contributed by atoms with van der Waals surface area (Å²) in [4.78, 5) is 21.8. The first-order valence-electron chi connectivity index (χ1n) is 6.14. The van der Waals surface area contributed by atoms with E-state index in [2.05, 4.69) is 6.08 Å². The quantitative estimate of drug-likeness (QED) is 0.652. The van der Waals surface area contributed by atoms with E-state index in [4.69, 9.17) is 0 Å². The molecule has 0 bridgehead atoms. The van der Waals surface area contributed by atoms with Crippen LogP contribution in [-0.4, -0.2) is 11.9 Å². The summed E-state index contributed by atoms with van der Waals surface area (Å²) in [5.74, 6) is -4.51.